The fourth-order valence-electron chi connectivity index (χ4n) is 3.68. The SMILES string of the molecule is COc1c(OCc2ccccc2)cc2oc(OC3CCCCC3)cc(=O)c2c1O. The van der Waals surface area contributed by atoms with Crippen LogP contribution >= 0.6 is 0 Å². The maximum atomic E-state index is 12.6. The second-order valence-corrected chi connectivity index (χ2v) is 7.21. The lowest BCUT2D eigenvalue weighted by Crippen LogP contribution is -2.20. The van der Waals surface area contributed by atoms with Gasteiger partial charge >= 0.3 is 0 Å². The lowest BCUT2D eigenvalue weighted by Gasteiger charge is -2.22. The number of phenolic OH excluding ortho intramolecular Hbond substituents is 1. The van der Waals surface area contributed by atoms with Gasteiger partial charge in [0, 0.05) is 6.07 Å². The molecule has 6 heteroatoms. The maximum absolute atomic E-state index is 12.6. The van der Waals surface area contributed by atoms with Crippen LogP contribution in [-0.4, -0.2) is 18.3 Å². The summed E-state index contributed by atoms with van der Waals surface area (Å²) >= 11 is 0. The number of hydrogen-bond acceptors (Lipinski definition) is 6. The number of aromatic hydroxyl groups is 1. The van der Waals surface area contributed by atoms with Crippen molar-refractivity contribution in [1.82, 2.24) is 0 Å². The molecule has 0 aliphatic heterocycles. The van der Waals surface area contributed by atoms with Crippen molar-refractivity contribution in [3.05, 3.63) is 58.3 Å². The minimum Gasteiger partial charge on any atom is -0.504 e. The van der Waals surface area contributed by atoms with Gasteiger partial charge in [-0.1, -0.05) is 36.8 Å². The third-order valence-corrected chi connectivity index (χ3v) is 5.17. The number of phenols is 1. The summed E-state index contributed by atoms with van der Waals surface area (Å²) in [5.41, 5.74) is 0.775. The van der Waals surface area contributed by atoms with E-state index in [-0.39, 0.29) is 46.6 Å². The smallest absolute Gasteiger partial charge is 0.289 e. The van der Waals surface area contributed by atoms with Gasteiger partial charge in [-0.25, -0.2) is 0 Å². The van der Waals surface area contributed by atoms with Crippen molar-refractivity contribution in [2.24, 2.45) is 0 Å². The van der Waals surface area contributed by atoms with Crippen LogP contribution in [0.5, 0.6) is 23.2 Å². The summed E-state index contributed by atoms with van der Waals surface area (Å²) in [6.07, 6.45) is 5.36. The molecule has 2 aromatic carbocycles. The van der Waals surface area contributed by atoms with Crippen molar-refractivity contribution in [3.63, 3.8) is 0 Å². The van der Waals surface area contributed by atoms with Crippen molar-refractivity contribution in [2.45, 2.75) is 44.8 Å². The number of fused-ring (bicyclic) bond motifs is 1. The van der Waals surface area contributed by atoms with Crippen LogP contribution in [-0.2, 0) is 6.61 Å². The largest absolute Gasteiger partial charge is 0.504 e. The minimum atomic E-state index is -0.387. The molecule has 4 rings (SSSR count). The van der Waals surface area contributed by atoms with Crippen LogP contribution < -0.4 is 19.6 Å². The van der Waals surface area contributed by atoms with E-state index < -0.39 is 0 Å². The molecule has 1 fully saturated rings. The number of hydrogen-bond donors (Lipinski definition) is 1. The number of methoxy groups -OCH3 is 1. The average Bonchev–Trinajstić information content (AvgIpc) is 2.73. The lowest BCUT2D eigenvalue weighted by molar-refractivity contribution is 0.121. The van der Waals surface area contributed by atoms with E-state index in [0.29, 0.717) is 5.75 Å². The molecule has 6 nitrogen and oxygen atoms in total. The summed E-state index contributed by atoms with van der Waals surface area (Å²) < 4.78 is 22.8. The zero-order valence-electron chi connectivity index (χ0n) is 16.3. The van der Waals surface area contributed by atoms with Gasteiger partial charge in [0.25, 0.3) is 5.95 Å². The average molecular weight is 396 g/mol. The minimum absolute atomic E-state index is 0.0462. The van der Waals surface area contributed by atoms with Crippen LogP contribution in [0.2, 0.25) is 0 Å². The van der Waals surface area contributed by atoms with E-state index in [2.05, 4.69) is 0 Å². The van der Waals surface area contributed by atoms with Crippen molar-refractivity contribution in [1.29, 1.82) is 0 Å². The first-order valence-corrected chi connectivity index (χ1v) is 9.87. The van der Waals surface area contributed by atoms with Crippen LogP contribution in [0.1, 0.15) is 37.7 Å². The van der Waals surface area contributed by atoms with Crippen LogP contribution in [0.15, 0.2) is 51.7 Å². The van der Waals surface area contributed by atoms with Crippen molar-refractivity contribution < 1.29 is 23.7 Å². The Bertz CT molecular complexity index is 1030. The Balaban J connectivity index is 1.68. The quantitative estimate of drug-likeness (QED) is 0.645. The Morgan fingerprint density at radius 1 is 1.10 bits per heavy atom. The molecule has 152 valence electrons. The second kappa shape index (κ2) is 8.47. The van der Waals surface area contributed by atoms with E-state index in [1.54, 1.807) is 6.07 Å². The highest BCUT2D eigenvalue weighted by Gasteiger charge is 2.22. The van der Waals surface area contributed by atoms with E-state index in [1.165, 1.54) is 19.6 Å². The Kier molecular flexibility index (Phi) is 5.60. The molecule has 0 spiro atoms. The number of benzene rings is 2. The summed E-state index contributed by atoms with van der Waals surface area (Å²) in [5.74, 6) is 0.250. The van der Waals surface area contributed by atoms with Gasteiger partial charge in [0.05, 0.1) is 13.2 Å². The molecule has 0 bridgehead atoms. The summed E-state index contributed by atoms with van der Waals surface area (Å²) in [5, 5.41) is 10.7. The molecule has 0 atom stereocenters. The van der Waals surface area contributed by atoms with E-state index in [4.69, 9.17) is 18.6 Å². The zero-order chi connectivity index (χ0) is 20.2. The predicted molar refractivity (Wildman–Crippen MR) is 109 cm³/mol. The highest BCUT2D eigenvalue weighted by atomic mass is 16.6. The predicted octanol–water partition coefficient (Wildman–Crippen LogP) is 4.80. The van der Waals surface area contributed by atoms with Gasteiger partial charge < -0.3 is 23.7 Å². The van der Waals surface area contributed by atoms with Crippen molar-refractivity contribution >= 4 is 11.0 Å². The van der Waals surface area contributed by atoms with Gasteiger partial charge in [-0.2, -0.15) is 0 Å². The summed E-state index contributed by atoms with van der Waals surface area (Å²) in [6.45, 7) is 0.282. The van der Waals surface area contributed by atoms with Crippen molar-refractivity contribution in [3.8, 4) is 23.2 Å². The molecule has 1 aliphatic carbocycles. The van der Waals surface area contributed by atoms with E-state index >= 15 is 0 Å². The van der Waals surface area contributed by atoms with Gasteiger partial charge in [0.15, 0.2) is 11.5 Å². The molecule has 1 N–H and O–H groups in total. The van der Waals surface area contributed by atoms with Crippen LogP contribution in [0, 0.1) is 0 Å². The highest BCUT2D eigenvalue weighted by Crippen LogP contribution is 2.42. The Labute approximate surface area is 168 Å². The van der Waals surface area contributed by atoms with Crippen LogP contribution in [0.25, 0.3) is 11.0 Å². The van der Waals surface area contributed by atoms with Gasteiger partial charge in [0.2, 0.25) is 11.2 Å². The molecule has 1 aromatic heterocycles. The molecule has 29 heavy (non-hydrogen) atoms. The molecule has 1 aliphatic rings. The number of rotatable bonds is 6. The van der Waals surface area contributed by atoms with E-state index in [0.717, 1.165) is 31.2 Å². The standard InChI is InChI=1S/C23H24O6/c1-26-23-19(27-14-15-8-4-2-5-9-15)13-18-21(22(23)25)17(24)12-20(29-18)28-16-10-6-3-7-11-16/h2,4-5,8-9,12-13,16,25H,3,6-7,10-11,14H2,1H3. The normalized spacial score (nSPS) is 14.7. The molecular weight excluding hydrogens is 372 g/mol. The van der Waals surface area contributed by atoms with E-state index in [9.17, 15) is 9.90 Å². The zero-order valence-corrected chi connectivity index (χ0v) is 16.3. The fraction of sp³-hybridized carbons (Fsp3) is 0.348. The van der Waals surface area contributed by atoms with Crippen LogP contribution in [0.4, 0.5) is 0 Å². The molecular formula is C23H24O6. The molecule has 3 aromatic rings. The maximum Gasteiger partial charge on any atom is 0.289 e. The van der Waals surface area contributed by atoms with Gasteiger partial charge in [-0.3, -0.25) is 4.79 Å². The topological polar surface area (TPSA) is 78.1 Å². The monoisotopic (exact) mass is 396 g/mol. The summed E-state index contributed by atoms with van der Waals surface area (Å²) in [4.78, 5) is 12.6. The lowest BCUT2D eigenvalue weighted by atomic mass is 9.98. The van der Waals surface area contributed by atoms with Crippen molar-refractivity contribution in [2.75, 3.05) is 7.11 Å². The third kappa shape index (κ3) is 4.16. The summed E-state index contributed by atoms with van der Waals surface area (Å²) in [6, 6.07) is 12.5. The molecule has 0 unspecified atom stereocenters. The molecule has 1 saturated carbocycles. The molecule has 1 heterocycles. The first-order valence-electron chi connectivity index (χ1n) is 9.87. The van der Waals surface area contributed by atoms with E-state index in [1.807, 2.05) is 30.3 Å². The van der Waals surface area contributed by atoms with Crippen LogP contribution in [0.3, 0.4) is 0 Å². The Morgan fingerprint density at radius 3 is 2.59 bits per heavy atom. The molecule has 0 radical (unpaired) electrons. The Morgan fingerprint density at radius 2 is 1.86 bits per heavy atom. The Hall–Kier alpha value is -3.15. The number of ether oxygens (including phenoxy) is 3. The third-order valence-electron chi connectivity index (χ3n) is 5.17. The molecule has 0 saturated heterocycles. The highest BCUT2D eigenvalue weighted by molar-refractivity contribution is 5.88. The molecule has 0 amide bonds. The first-order chi connectivity index (χ1) is 14.2. The first kappa shape index (κ1) is 19.2. The summed E-state index contributed by atoms with van der Waals surface area (Å²) in [7, 11) is 1.42. The second-order valence-electron chi connectivity index (χ2n) is 7.21. The van der Waals surface area contributed by atoms with Gasteiger partial charge in [0.1, 0.15) is 23.7 Å². The fourth-order valence-corrected chi connectivity index (χ4v) is 3.68. The van der Waals surface area contributed by atoms with Gasteiger partial charge in [-0.05, 0) is 31.2 Å². The van der Waals surface area contributed by atoms with Gasteiger partial charge in [-0.15, -0.1) is 0 Å².